The number of hydrogen-bond donors (Lipinski definition) is 1. The molecule has 2 heterocycles. The van der Waals surface area contributed by atoms with E-state index in [-0.39, 0.29) is 24.0 Å². The summed E-state index contributed by atoms with van der Waals surface area (Å²) in [6, 6.07) is 6.85. The van der Waals surface area contributed by atoms with Gasteiger partial charge in [0.05, 0.1) is 23.3 Å². The minimum atomic E-state index is -0.101. The summed E-state index contributed by atoms with van der Waals surface area (Å²) in [4.78, 5) is 15.7. The van der Waals surface area contributed by atoms with Crippen LogP contribution >= 0.6 is 0 Å². The summed E-state index contributed by atoms with van der Waals surface area (Å²) in [6.07, 6.45) is 4.05. The van der Waals surface area contributed by atoms with E-state index >= 15 is 0 Å². The Morgan fingerprint density at radius 2 is 2.12 bits per heavy atom. The Kier molecular flexibility index (Phi) is 4.56. The van der Waals surface area contributed by atoms with Crippen LogP contribution in [0.15, 0.2) is 36.8 Å². The number of imidazole rings is 1. The van der Waals surface area contributed by atoms with E-state index in [2.05, 4.69) is 23.9 Å². The van der Waals surface area contributed by atoms with Crippen molar-refractivity contribution in [1.82, 2.24) is 19.3 Å². The van der Waals surface area contributed by atoms with Crippen LogP contribution < -0.4 is 4.74 Å². The molecule has 0 fully saturated rings. The normalized spacial score (nSPS) is 11.0. The molecule has 0 radical (unpaired) electrons. The SMILES string of the molecule is CC(C)n1nccc1-c1ncn(C)c1COc1cccc(O)c1C=O. The van der Waals surface area contributed by atoms with Crippen LogP contribution in [-0.4, -0.2) is 30.7 Å². The van der Waals surface area contributed by atoms with E-state index in [1.807, 2.05) is 22.4 Å². The van der Waals surface area contributed by atoms with E-state index in [9.17, 15) is 9.90 Å². The third kappa shape index (κ3) is 3.13. The number of aromatic nitrogens is 4. The van der Waals surface area contributed by atoms with Crippen LogP contribution in [0.1, 0.15) is 35.9 Å². The Bertz CT molecular complexity index is 896. The van der Waals surface area contributed by atoms with E-state index in [1.54, 1.807) is 24.7 Å². The summed E-state index contributed by atoms with van der Waals surface area (Å²) in [5.41, 5.74) is 2.67. The predicted octanol–water partition coefficient (Wildman–Crippen LogP) is 2.96. The summed E-state index contributed by atoms with van der Waals surface area (Å²) in [7, 11) is 1.88. The van der Waals surface area contributed by atoms with Crippen LogP contribution in [0.25, 0.3) is 11.4 Å². The molecular weight excluding hydrogens is 320 g/mol. The highest BCUT2D eigenvalue weighted by Crippen LogP contribution is 2.28. The lowest BCUT2D eigenvalue weighted by Gasteiger charge is -2.13. The number of phenols is 1. The quantitative estimate of drug-likeness (QED) is 0.698. The van der Waals surface area contributed by atoms with E-state index < -0.39 is 0 Å². The van der Waals surface area contributed by atoms with Gasteiger partial charge in [-0.15, -0.1) is 0 Å². The summed E-state index contributed by atoms with van der Waals surface area (Å²) in [5.74, 6) is 0.232. The van der Waals surface area contributed by atoms with E-state index in [0.717, 1.165) is 17.1 Å². The van der Waals surface area contributed by atoms with Gasteiger partial charge in [0.1, 0.15) is 23.8 Å². The largest absolute Gasteiger partial charge is 0.507 e. The molecule has 0 spiro atoms. The van der Waals surface area contributed by atoms with Gasteiger partial charge in [-0.05, 0) is 32.0 Å². The molecule has 25 heavy (non-hydrogen) atoms. The Morgan fingerprint density at radius 3 is 2.84 bits per heavy atom. The molecule has 130 valence electrons. The van der Waals surface area contributed by atoms with Gasteiger partial charge < -0.3 is 14.4 Å². The number of phenolic OH excluding ortho intramolecular Hbond substituents is 1. The monoisotopic (exact) mass is 340 g/mol. The van der Waals surface area contributed by atoms with Crippen molar-refractivity contribution in [2.45, 2.75) is 26.5 Å². The fourth-order valence-corrected chi connectivity index (χ4v) is 2.68. The molecule has 7 heteroatoms. The topological polar surface area (TPSA) is 82.2 Å². The lowest BCUT2D eigenvalue weighted by atomic mass is 10.2. The molecule has 0 bridgehead atoms. The Morgan fingerprint density at radius 1 is 1.32 bits per heavy atom. The van der Waals surface area contributed by atoms with Crippen molar-refractivity contribution in [2.75, 3.05) is 0 Å². The first kappa shape index (κ1) is 16.8. The average Bonchev–Trinajstić information content (AvgIpc) is 3.19. The number of carbonyl (C=O) groups excluding carboxylic acids is 1. The van der Waals surface area contributed by atoms with Gasteiger partial charge in [0, 0.05) is 19.3 Å². The van der Waals surface area contributed by atoms with Crippen molar-refractivity contribution in [3.8, 4) is 22.9 Å². The number of ether oxygens (including phenoxy) is 1. The summed E-state index contributed by atoms with van der Waals surface area (Å²) >= 11 is 0. The lowest BCUT2D eigenvalue weighted by molar-refractivity contribution is 0.111. The molecule has 2 aromatic heterocycles. The van der Waals surface area contributed by atoms with Crippen molar-refractivity contribution in [2.24, 2.45) is 7.05 Å². The average molecular weight is 340 g/mol. The number of aryl methyl sites for hydroxylation is 1. The second kappa shape index (κ2) is 6.80. The molecule has 3 aromatic rings. The van der Waals surface area contributed by atoms with Crippen LogP contribution in [0.5, 0.6) is 11.5 Å². The fourth-order valence-electron chi connectivity index (χ4n) is 2.68. The zero-order chi connectivity index (χ0) is 18.0. The molecular formula is C18H20N4O3. The molecule has 7 nitrogen and oxygen atoms in total. The summed E-state index contributed by atoms with van der Waals surface area (Å²) < 4.78 is 9.56. The van der Waals surface area contributed by atoms with E-state index in [1.165, 1.54) is 6.07 Å². The zero-order valence-electron chi connectivity index (χ0n) is 14.4. The number of hydrogen-bond acceptors (Lipinski definition) is 5. The number of aromatic hydroxyl groups is 1. The maximum absolute atomic E-state index is 11.2. The first-order valence-corrected chi connectivity index (χ1v) is 7.97. The van der Waals surface area contributed by atoms with Gasteiger partial charge in [-0.25, -0.2) is 4.98 Å². The van der Waals surface area contributed by atoms with E-state index in [0.29, 0.717) is 12.0 Å². The fraction of sp³-hybridized carbons (Fsp3) is 0.278. The minimum Gasteiger partial charge on any atom is -0.507 e. The number of benzene rings is 1. The van der Waals surface area contributed by atoms with Crippen molar-refractivity contribution in [3.05, 3.63) is 48.0 Å². The second-order valence-corrected chi connectivity index (χ2v) is 6.00. The number of nitrogens with zero attached hydrogens (tertiary/aromatic N) is 4. The van der Waals surface area contributed by atoms with Gasteiger partial charge in [-0.3, -0.25) is 9.48 Å². The summed E-state index contributed by atoms with van der Waals surface area (Å²) in [6.45, 7) is 4.32. The molecule has 0 aliphatic heterocycles. The van der Waals surface area contributed by atoms with Crippen LogP contribution in [0.2, 0.25) is 0 Å². The van der Waals surface area contributed by atoms with E-state index in [4.69, 9.17) is 4.74 Å². The van der Waals surface area contributed by atoms with Crippen LogP contribution in [0.3, 0.4) is 0 Å². The van der Waals surface area contributed by atoms with Gasteiger partial charge in [0.15, 0.2) is 6.29 Å². The highest BCUT2D eigenvalue weighted by Gasteiger charge is 2.18. The minimum absolute atomic E-state index is 0.101. The molecule has 0 aliphatic rings. The van der Waals surface area contributed by atoms with Crippen LogP contribution in [0.4, 0.5) is 0 Å². The highest BCUT2D eigenvalue weighted by molar-refractivity contribution is 5.83. The smallest absolute Gasteiger partial charge is 0.157 e. The standard InChI is InChI=1S/C18H20N4O3/c1-12(2)22-14(7-8-20-22)18-15(21(3)11-19-18)10-25-17-6-4-5-16(24)13(17)9-23/h4-9,11-12,24H,10H2,1-3H3. The molecule has 1 N–H and O–H groups in total. The maximum atomic E-state index is 11.2. The van der Waals surface area contributed by atoms with Crippen molar-refractivity contribution in [1.29, 1.82) is 0 Å². The molecule has 0 amide bonds. The molecule has 3 rings (SSSR count). The highest BCUT2D eigenvalue weighted by atomic mass is 16.5. The Labute approximate surface area is 145 Å². The maximum Gasteiger partial charge on any atom is 0.157 e. The first-order valence-electron chi connectivity index (χ1n) is 7.97. The lowest BCUT2D eigenvalue weighted by Crippen LogP contribution is -2.08. The molecule has 0 unspecified atom stereocenters. The van der Waals surface area contributed by atoms with Crippen molar-refractivity contribution >= 4 is 6.29 Å². The second-order valence-electron chi connectivity index (χ2n) is 6.00. The van der Waals surface area contributed by atoms with Crippen LogP contribution in [0, 0.1) is 0 Å². The summed E-state index contributed by atoms with van der Waals surface area (Å²) in [5, 5.41) is 14.1. The van der Waals surface area contributed by atoms with Gasteiger partial charge >= 0.3 is 0 Å². The molecule has 1 aromatic carbocycles. The molecule has 0 saturated heterocycles. The number of rotatable bonds is 6. The third-order valence-corrected chi connectivity index (χ3v) is 3.99. The molecule has 0 atom stereocenters. The molecule has 0 aliphatic carbocycles. The van der Waals surface area contributed by atoms with Gasteiger partial charge in [0.25, 0.3) is 0 Å². The molecule has 0 saturated carbocycles. The van der Waals surface area contributed by atoms with Crippen molar-refractivity contribution in [3.63, 3.8) is 0 Å². The first-order chi connectivity index (χ1) is 12.0. The van der Waals surface area contributed by atoms with Gasteiger partial charge in [-0.1, -0.05) is 6.07 Å². The third-order valence-electron chi connectivity index (χ3n) is 3.99. The Hall–Kier alpha value is -3.09. The van der Waals surface area contributed by atoms with Crippen LogP contribution in [-0.2, 0) is 13.7 Å². The zero-order valence-corrected chi connectivity index (χ0v) is 14.4. The van der Waals surface area contributed by atoms with Gasteiger partial charge in [0.2, 0.25) is 0 Å². The Balaban J connectivity index is 1.92. The predicted molar refractivity (Wildman–Crippen MR) is 92.6 cm³/mol. The number of carbonyl (C=O) groups is 1. The van der Waals surface area contributed by atoms with Gasteiger partial charge in [-0.2, -0.15) is 5.10 Å². The van der Waals surface area contributed by atoms with Crippen molar-refractivity contribution < 1.29 is 14.6 Å². The number of aldehydes is 1.